The Kier molecular flexibility index (Phi) is 5.14. The van der Waals surface area contributed by atoms with Crippen molar-refractivity contribution in [1.29, 1.82) is 0 Å². The summed E-state index contributed by atoms with van der Waals surface area (Å²) in [6.07, 6.45) is 7.12. The van der Waals surface area contributed by atoms with Crippen LogP contribution in [0.25, 0.3) is 0 Å². The molecule has 0 spiro atoms. The molecule has 0 unspecified atom stereocenters. The van der Waals surface area contributed by atoms with Crippen LogP contribution in [0.5, 0.6) is 5.75 Å². The van der Waals surface area contributed by atoms with Crippen LogP contribution in [0.15, 0.2) is 18.2 Å². The van der Waals surface area contributed by atoms with E-state index in [9.17, 15) is 9.90 Å². The van der Waals surface area contributed by atoms with Gasteiger partial charge in [0.2, 0.25) is 0 Å². The second kappa shape index (κ2) is 7.14. The minimum atomic E-state index is -0.224. The van der Waals surface area contributed by atoms with Gasteiger partial charge in [0, 0.05) is 12.0 Å². The maximum atomic E-state index is 12.3. The molecular formula is C20H30NO3+. The molecule has 4 heteroatoms. The molecule has 1 aromatic carbocycles. The predicted octanol–water partition coefficient (Wildman–Crippen LogP) is 3.37. The summed E-state index contributed by atoms with van der Waals surface area (Å²) < 4.78 is 6.53. The summed E-state index contributed by atoms with van der Waals surface area (Å²) >= 11 is 0. The number of rotatable bonds is 4. The molecule has 0 radical (unpaired) electrons. The molecule has 1 N–H and O–H groups in total. The van der Waals surface area contributed by atoms with E-state index in [1.165, 1.54) is 19.3 Å². The van der Waals surface area contributed by atoms with Gasteiger partial charge in [-0.05, 0) is 24.3 Å². The maximum Gasteiger partial charge on any atom is 0.310 e. The van der Waals surface area contributed by atoms with Crippen molar-refractivity contribution >= 4 is 5.97 Å². The number of phenols is 1. The maximum absolute atomic E-state index is 12.3. The van der Waals surface area contributed by atoms with E-state index < -0.39 is 0 Å². The zero-order valence-corrected chi connectivity index (χ0v) is 15.0. The molecule has 1 heterocycles. The number of hydrogen-bond donors (Lipinski definition) is 1. The lowest BCUT2D eigenvalue weighted by Gasteiger charge is -2.24. The molecule has 132 valence electrons. The van der Waals surface area contributed by atoms with Gasteiger partial charge in [-0.15, -0.1) is 0 Å². The Bertz CT molecular complexity index is 591. The van der Waals surface area contributed by atoms with E-state index in [2.05, 4.69) is 14.1 Å². The monoisotopic (exact) mass is 332 g/mol. The number of esters is 1. The number of nitrogens with zero attached hydrogens (tertiary/aromatic N) is 1. The summed E-state index contributed by atoms with van der Waals surface area (Å²) in [6, 6.07) is 5.82. The topological polar surface area (TPSA) is 46.5 Å². The van der Waals surface area contributed by atoms with Gasteiger partial charge >= 0.3 is 5.97 Å². The van der Waals surface area contributed by atoms with E-state index >= 15 is 0 Å². The van der Waals surface area contributed by atoms with E-state index in [0.717, 1.165) is 42.4 Å². The largest absolute Gasteiger partial charge is 0.507 e. The Balaban J connectivity index is 1.63. The number of carbonyl (C=O) groups excluding carboxylic acids is 1. The molecule has 2 fully saturated rings. The highest BCUT2D eigenvalue weighted by molar-refractivity contribution is 5.74. The van der Waals surface area contributed by atoms with E-state index in [1.54, 1.807) is 0 Å². The van der Waals surface area contributed by atoms with Gasteiger partial charge in [0.15, 0.2) is 6.10 Å². The van der Waals surface area contributed by atoms with E-state index in [-0.39, 0.29) is 18.5 Å². The van der Waals surface area contributed by atoms with Gasteiger partial charge in [0.05, 0.1) is 27.1 Å². The lowest BCUT2D eigenvalue weighted by atomic mass is 9.83. The fourth-order valence-electron chi connectivity index (χ4n) is 4.20. The minimum absolute atomic E-state index is 0.0103. The molecule has 2 aliphatic rings. The first-order valence-corrected chi connectivity index (χ1v) is 9.27. The summed E-state index contributed by atoms with van der Waals surface area (Å²) in [7, 11) is 4.32. The van der Waals surface area contributed by atoms with Crippen LogP contribution in [0.3, 0.4) is 0 Å². The number of benzene rings is 1. The van der Waals surface area contributed by atoms with Crippen molar-refractivity contribution in [2.45, 2.75) is 57.0 Å². The van der Waals surface area contributed by atoms with E-state index in [4.69, 9.17) is 4.74 Å². The van der Waals surface area contributed by atoms with Gasteiger partial charge in [0.1, 0.15) is 12.3 Å². The summed E-state index contributed by atoms with van der Waals surface area (Å²) in [4.78, 5) is 12.3. The lowest BCUT2D eigenvalue weighted by Crippen LogP contribution is -2.38. The Morgan fingerprint density at radius 3 is 2.62 bits per heavy atom. The highest BCUT2D eigenvalue weighted by atomic mass is 16.5. The summed E-state index contributed by atoms with van der Waals surface area (Å²) in [5.41, 5.74) is 1.72. The van der Waals surface area contributed by atoms with Gasteiger partial charge in [-0.2, -0.15) is 0 Å². The SMILES string of the molecule is C[N+]1(C)CC[C@H](OC(=O)Cc2cccc(C3CCCCC3)c2O)C1. The second-order valence-electron chi connectivity index (χ2n) is 8.11. The number of ether oxygens (including phenoxy) is 1. The summed E-state index contributed by atoms with van der Waals surface area (Å²) in [6.45, 7) is 1.92. The molecular weight excluding hydrogens is 302 g/mol. The van der Waals surface area contributed by atoms with Gasteiger partial charge in [-0.3, -0.25) is 4.79 Å². The third-order valence-corrected chi connectivity index (χ3v) is 5.58. The highest BCUT2D eigenvalue weighted by Gasteiger charge is 2.33. The highest BCUT2D eigenvalue weighted by Crippen LogP contribution is 2.38. The molecule has 4 nitrogen and oxygen atoms in total. The molecule has 3 rings (SSSR count). The summed E-state index contributed by atoms with van der Waals surface area (Å²) in [5, 5.41) is 10.6. The fraction of sp³-hybridized carbons (Fsp3) is 0.650. The predicted molar refractivity (Wildman–Crippen MR) is 94.0 cm³/mol. The molecule has 0 bridgehead atoms. The number of phenolic OH excluding ortho intramolecular Hbond substituents is 1. The van der Waals surface area contributed by atoms with Crippen molar-refractivity contribution in [3.63, 3.8) is 0 Å². The first-order chi connectivity index (χ1) is 11.4. The van der Waals surface area contributed by atoms with Crippen LogP contribution in [0, 0.1) is 0 Å². The molecule has 24 heavy (non-hydrogen) atoms. The first-order valence-electron chi connectivity index (χ1n) is 9.27. The van der Waals surface area contributed by atoms with Crippen LogP contribution in [-0.2, 0) is 16.0 Å². The minimum Gasteiger partial charge on any atom is -0.507 e. The molecule has 1 aliphatic carbocycles. The standard InChI is InChI=1S/C20H29NO3/c1-21(2)12-11-17(14-21)24-19(22)13-16-9-6-10-18(20(16)23)15-7-4-3-5-8-15/h6,9-10,15,17H,3-5,7-8,11-14H2,1-2H3/p+1/t17-/m0/s1. The van der Waals surface area contributed by atoms with E-state index in [0.29, 0.717) is 17.2 Å². The van der Waals surface area contributed by atoms with Crippen LogP contribution in [0.4, 0.5) is 0 Å². The number of quaternary nitrogens is 1. The van der Waals surface area contributed by atoms with Crippen molar-refractivity contribution < 1.29 is 19.1 Å². The smallest absolute Gasteiger partial charge is 0.310 e. The van der Waals surface area contributed by atoms with Crippen LogP contribution < -0.4 is 0 Å². The number of hydrogen-bond acceptors (Lipinski definition) is 3. The van der Waals surface area contributed by atoms with Crippen molar-refractivity contribution in [3.8, 4) is 5.75 Å². The number of para-hydroxylation sites is 1. The Labute approximate surface area is 145 Å². The second-order valence-corrected chi connectivity index (χ2v) is 8.11. The zero-order valence-electron chi connectivity index (χ0n) is 15.0. The van der Waals surface area contributed by atoms with Crippen molar-refractivity contribution in [3.05, 3.63) is 29.3 Å². The average Bonchev–Trinajstić information content (AvgIpc) is 2.89. The van der Waals surface area contributed by atoms with Crippen LogP contribution >= 0.6 is 0 Å². The molecule has 1 aromatic rings. The lowest BCUT2D eigenvalue weighted by molar-refractivity contribution is -0.879. The number of aromatic hydroxyl groups is 1. The van der Waals surface area contributed by atoms with Crippen LogP contribution in [0.1, 0.15) is 55.6 Å². The Hall–Kier alpha value is -1.55. The number of carbonyl (C=O) groups is 1. The normalized spacial score (nSPS) is 24.0. The third-order valence-electron chi connectivity index (χ3n) is 5.58. The Morgan fingerprint density at radius 2 is 1.96 bits per heavy atom. The molecule has 0 aromatic heterocycles. The first kappa shape index (κ1) is 17.3. The molecule has 1 saturated heterocycles. The van der Waals surface area contributed by atoms with E-state index in [1.807, 2.05) is 18.2 Å². The quantitative estimate of drug-likeness (QED) is 0.679. The fourth-order valence-corrected chi connectivity index (χ4v) is 4.20. The average molecular weight is 332 g/mol. The number of likely N-dealkylation sites (tertiary alicyclic amines) is 1. The summed E-state index contributed by atoms with van der Waals surface area (Å²) in [5.74, 6) is 0.518. The van der Waals surface area contributed by atoms with Gasteiger partial charge in [-0.25, -0.2) is 0 Å². The van der Waals surface area contributed by atoms with Crippen LogP contribution in [0.2, 0.25) is 0 Å². The molecule has 1 aliphatic heterocycles. The zero-order chi connectivity index (χ0) is 17.2. The van der Waals surface area contributed by atoms with Gasteiger partial charge < -0.3 is 14.3 Å². The van der Waals surface area contributed by atoms with Gasteiger partial charge in [0.25, 0.3) is 0 Å². The third kappa shape index (κ3) is 4.10. The Morgan fingerprint density at radius 1 is 1.21 bits per heavy atom. The van der Waals surface area contributed by atoms with Gasteiger partial charge in [-0.1, -0.05) is 37.5 Å². The van der Waals surface area contributed by atoms with Crippen molar-refractivity contribution in [1.82, 2.24) is 0 Å². The molecule has 1 atom stereocenters. The van der Waals surface area contributed by atoms with Crippen LogP contribution in [-0.4, -0.2) is 48.8 Å². The van der Waals surface area contributed by atoms with Crippen molar-refractivity contribution in [2.75, 3.05) is 27.2 Å². The number of likely N-dealkylation sites (N-methyl/N-ethyl adjacent to an activating group) is 1. The molecule has 0 amide bonds. The van der Waals surface area contributed by atoms with Crippen molar-refractivity contribution in [2.24, 2.45) is 0 Å². The molecule has 1 saturated carbocycles.